The molecule has 0 aliphatic rings. The lowest BCUT2D eigenvalue weighted by molar-refractivity contribution is 0.287. The molecule has 0 aromatic heterocycles. The molecule has 0 aliphatic carbocycles. The molecule has 1 N–H and O–H groups in total. The van der Waals surface area contributed by atoms with E-state index in [2.05, 4.69) is 25.2 Å². The first-order chi connectivity index (χ1) is 10.6. The van der Waals surface area contributed by atoms with Gasteiger partial charge in [-0.25, -0.2) is 0 Å². The third-order valence-electron chi connectivity index (χ3n) is 3.58. The van der Waals surface area contributed by atoms with E-state index in [0.29, 0.717) is 5.92 Å². The lowest BCUT2D eigenvalue weighted by Crippen LogP contribution is -2.06. The number of hydrogen-bond acceptors (Lipinski definition) is 2. The van der Waals surface area contributed by atoms with Gasteiger partial charge in [-0.1, -0.05) is 49.7 Å². The summed E-state index contributed by atoms with van der Waals surface area (Å²) in [6.07, 6.45) is 1.06. The molecule has 0 atom stereocenters. The molecule has 0 unspecified atom stereocenters. The third-order valence-corrected chi connectivity index (χ3v) is 3.99. The molecule has 22 heavy (non-hydrogen) atoms. The second-order valence-corrected chi connectivity index (χ2v) is 6.36. The summed E-state index contributed by atoms with van der Waals surface area (Å²) >= 11 is 6.16. The van der Waals surface area contributed by atoms with Crippen LogP contribution in [0.25, 0.3) is 0 Å². The molecule has 0 radical (unpaired) electrons. The zero-order chi connectivity index (χ0) is 15.9. The predicted molar refractivity (Wildman–Crippen MR) is 94.9 cm³/mol. The van der Waals surface area contributed by atoms with Crippen LogP contribution in [0.2, 0.25) is 5.02 Å². The summed E-state index contributed by atoms with van der Waals surface area (Å²) in [6, 6.07) is 14.2. The van der Waals surface area contributed by atoms with E-state index in [1.807, 2.05) is 43.3 Å². The Hall–Kier alpha value is -1.67. The molecule has 0 fully saturated rings. The van der Waals surface area contributed by atoms with Crippen molar-refractivity contribution in [2.24, 2.45) is 5.92 Å². The number of benzene rings is 2. The van der Waals surface area contributed by atoms with E-state index in [-0.39, 0.29) is 0 Å². The van der Waals surface area contributed by atoms with Crippen molar-refractivity contribution < 1.29 is 4.74 Å². The molecule has 0 saturated carbocycles. The minimum absolute atomic E-state index is 0.653. The topological polar surface area (TPSA) is 21.3 Å². The van der Waals surface area contributed by atoms with Crippen LogP contribution in [0.15, 0.2) is 42.5 Å². The molecule has 0 bridgehead atoms. The largest absolute Gasteiger partial charge is 0.493 e. The molecule has 2 aromatic rings. The van der Waals surface area contributed by atoms with Crippen molar-refractivity contribution in [2.75, 3.05) is 11.9 Å². The summed E-state index contributed by atoms with van der Waals surface area (Å²) in [6.45, 7) is 7.89. The molecule has 2 rings (SSSR count). The van der Waals surface area contributed by atoms with Gasteiger partial charge in [0.15, 0.2) is 0 Å². The summed E-state index contributed by atoms with van der Waals surface area (Å²) in [5.74, 6) is 1.61. The van der Waals surface area contributed by atoms with Crippen LogP contribution in [-0.4, -0.2) is 6.61 Å². The van der Waals surface area contributed by atoms with E-state index in [1.165, 1.54) is 0 Å². The Kier molecular flexibility index (Phi) is 6.14. The quantitative estimate of drug-likeness (QED) is 0.708. The number of rotatable bonds is 7. The number of hydrogen-bond donors (Lipinski definition) is 1. The maximum absolute atomic E-state index is 6.16. The average molecular weight is 318 g/mol. The third kappa shape index (κ3) is 4.96. The Morgan fingerprint density at radius 1 is 1.14 bits per heavy atom. The fourth-order valence-electron chi connectivity index (χ4n) is 2.10. The van der Waals surface area contributed by atoms with Crippen molar-refractivity contribution >= 4 is 17.3 Å². The second kappa shape index (κ2) is 8.09. The summed E-state index contributed by atoms with van der Waals surface area (Å²) in [5, 5.41) is 4.19. The fourth-order valence-corrected chi connectivity index (χ4v) is 2.28. The van der Waals surface area contributed by atoms with Crippen LogP contribution in [0.3, 0.4) is 0 Å². The van der Waals surface area contributed by atoms with Gasteiger partial charge in [-0.2, -0.15) is 0 Å². The highest BCUT2D eigenvalue weighted by Crippen LogP contribution is 2.23. The first kappa shape index (κ1) is 16.7. The lowest BCUT2D eigenvalue weighted by Gasteiger charge is -2.14. The van der Waals surface area contributed by atoms with E-state index in [0.717, 1.165) is 47.2 Å². The Balaban J connectivity index is 1.98. The van der Waals surface area contributed by atoms with Gasteiger partial charge in [0.1, 0.15) is 5.75 Å². The smallest absolute Gasteiger partial charge is 0.124 e. The van der Waals surface area contributed by atoms with Crippen molar-refractivity contribution in [1.29, 1.82) is 0 Å². The minimum Gasteiger partial charge on any atom is -0.493 e. The average Bonchev–Trinajstić information content (AvgIpc) is 2.49. The first-order valence-electron chi connectivity index (χ1n) is 7.77. The van der Waals surface area contributed by atoms with Gasteiger partial charge in [0.25, 0.3) is 0 Å². The maximum atomic E-state index is 6.16. The number of anilines is 1. The van der Waals surface area contributed by atoms with Crippen LogP contribution < -0.4 is 10.1 Å². The monoisotopic (exact) mass is 317 g/mol. The molecule has 0 aliphatic heterocycles. The van der Waals surface area contributed by atoms with E-state index >= 15 is 0 Å². The van der Waals surface area contributed by atoms with Crippen LogP contribution in [0.1, 0.15) is 31.4 Å². The van der Waals surface area contributed by atoms with Crippen LogP contribution in [0.5, 0.6) is 5.75 Å². The van der Waals surface area contributed by atoms with Gasteiger partial charge in [0.2, 0.25) is 0 Å². The fraction of sp³-hybridized carbons (Fsp3) is 0.368. The summed E-state index contributed by atoms with van der Waals surface area (Å²) in [4.78, 5) is 0. The van der Waals surface area contributed by atoms with Crippen LogP contribution in [0, 0.1) is 12.8 Å². The number of nitrogens with one attached hydrogen (secondary N) is 1. The van der Waals surface area contributed by atoms with Gasteiger partial charge in [-0.15, -0.1) is 0 Å². The Morgan fingerprint density at radius 3 is 2.64 bits per heavy atom. The van der Waals surface area contributed by atoms with Crippen LogP contribution in [0.4, 0.5) is 5.69 Å². The van der Waals surface area contributed by atoms with Gasteiger partial charge >= 0.3 is 0 Å². The Morgan fingerprint density at radius 2 is 1.91 bits per heavy atom. The van der Waals surface area contributed by atoms with Gasteiger partial charge in [-0.3, -0.25) is 0 Å². The zero-order valence-electron chi connectivity index (χ0n) is 13.5. The van der Waals surface area contributed by atoms with Crippen molar-refractivity contribution in [1.82, 2.24) is 0 Å². The summed E-state index contributed by atoms with van der Waals surface area (Å²) < 4.78 is 5.91. The van der Waals surface area contributed by atoms with Crippen molar-refractivity contribution in [3.63, 3.8) is 0 Å². The number of para-hydroxylation sites is 1. The highest BCUT2D eigenvalue weighted by atomic mass is 35.5. The molecule has 0 spiro atoms. The molecule has 2 aromatic carbocycles. The van der Waals surface area contributed by atoms with Crippen molar-refractivity contribution in [3.8, 4) is 5.75 Å². The van der Waals surface area contributed by atoms with Crippen LogP contribution in [-0.2, 0) is 6.54 Å². The lowest BCUT2D eigenvalue weighted by atomic mass is 10.1. The minimum atomic E-state index is 0.653. The van der Waals surface area contributed by atoms with Crippen molar-refractivity contribution in [2.45, 2.75) is 33.7 Å². The van der Waals surface area contributed by atoms with E-state index in [4.69, 9.17) is 16.3 Å². The highest BCUT2D eigenvalue weighted by molar-refractivity contribution is 6.31. The van der Waals surface area contributed by atoms with Crippen molar-refractivity contribution in [3.05, 3.63) is 58.6 Å². The molecular weight excluding hydrogens is 294 g/mol. The van der Waals surface area contributed by atoms with E-state index < -0.39 is 0 Å². The normalized spacial score (nSPS) is 10.8. The standard InChI is InChI=1S/C19H24ClNO/c1-14(2)10-11-22-19-7-5-4-6-16(19)13-21-17-9-8-15(3)18(20)12-17/h4-9,12,14,21H,10-11,13H2,1-3H3. The summed E-state index contributed by atoms with van der Waals surface area (Å²) in [7, 11) is 0. The number of ether oxygens (including phenoxy) is 1. The van der Waals surface area contributed by atoms with Gasteiger partial charge in [0.05, 0.1) is 6.61 Å². The Labute approximate surface area is 138 Å². The first-order valence-corrected chi connectivity index (χ1v) is 8.15. The maximum Gasteiger partial charge on any atom is 0.124 e. The molecule has 0 saturated heterocycles. The number of aryl methyl sites for hydroxylation is 1. The van der Waals surface area contributed by atoms with Crippen LogP contribution >= 0.6 is 11.6 Å². The molecule has 0 amide bonds. The van der Waals surface area contributed by atoms with Gasteiger partial charge in [-0.05, 0) is 43.0 Å². The molecule has 0 heterocycles. The molecule has 118 valence electrons. The van der Waals surface area contributed by atoms with Gasteiger partial charge in [0, 0.05) is 22.8 Å². The Bertz CT molecular complexity index is 610. The second-order valence-electron chi connectivity index (χ2n) is 5.96. The van der Waals surface area contributed by atoms with Gasteiger partial charge < -0.3 is 10.1 Å². The molecule has 2 nitrogen and oxygen atoms in total. The van der Waals surface area contributed by atoms with E-state index in [1.54, 1.807) is 0 Å². The SMILES string of the molecule is Cc1ccc(NCc2ccccc2OCCC(C)C)cc1Cl. The molecule has 3 heteroatoms. The predicted octanol–water partition coefficient (Wildman–Crippen LogP) is 5.69. The van der Waals surface area contributed by atoms with E-state index in [9.17, 15) is 0 Å². The zero-order valence-corrected chi connectivity index (χ0v) is 14.3. The molecular formula is C19H24ClNO. The summed E-state index contributed by atoms with van der Waals surface area (Å²) in [5.41, 5.74) is 3.26. The number of halogens is 1. The highest BCUT2D eigenvalue weighted by Gasteiger charge is 2.04.